The number of ether oxygens (including phenoxy) is 3. The normalized spacial score (nSPS) is 16.3. The van der Waals surface area contributed by atoms with Crippen LogP contribution in [-0.2, 0) is 16.0 Å². The molecule has 2 atom stereocenters. The highest BCUT2D eigenvalue weighted by Gasteiger charge is 2.26. The summed E-state index contributed by atoms with van der Waals surface area (Å²) in [5.74, 6) is -1.28. The van der Waals surface area contributed by atoms with Crippen molar-refractivity contribution in [1.29, 1.82) is 0 Å². The lowest BCUT2D eigenvalue weighted by atomic mass is 10.1. The van der Waals surface area contributed by atoms with Crippen molar-refractivity contribution in [2.45, 2.75) is 38.5 Å². The van der Waals surface area contributed by atoms with Gasteiger partial charge in [-0.25, -0.2) is 13.5 Å². The molecule has 1 aliphatic heterocycles. The van der Waals surface area contributed by atoms with E-state index in [0.717, 1.165) is 36.2 Å². The monoisotopic (exact) mass is 513 g/mol. The molecule has 0 amide bonds. The van der Waals surface area contributed by atoms with Crippen molar-refractivity contribution in [3.8, 4) is 17.3 Å². The first-order chi connectivity index (χ1) is 17.9. The summed E-state index contributed by atoms with van der Waals surface area (Å²) in [6.45, 7) is 8.02. The predicted octanol–water partition coefficient (Wildman–Crippen LogP) is 4.80. The maximum absolute atomic E-state index is 14.6. The van der Waals surface area contributed by atoms with Gasteiger partial charge >= 0.3 is 0 Å². The van der Waals surface area contributed by atoms with Gasteiger partial charge in [0.25, 0.3) is 0 Å². The highest BCUT2D eigenvalue weighted by atomic mass is 19.1. The minimum Gasteiger partial charge on any atom is -0.435 e. The summed E-state index contributed by atoms with van der Waals surface area (Å²) in [7, 11) is 0. The van der Waals surface area contributed by atoms with Gasteiger partial charge in [0.1, 0.15) is 5.82 Å². The van der Waals surface area contributed by atoms with Crippen molar-refractivity contribution >= 4 is 0 Å². The predicted molar refractivity (Wildman–Crippen MR) is 136 cm³/mol. The zero-order valence-corrected chi connectivity index (χ0v) is 21.0. The number of para-hydroxylation sites is 1. The highest BCUT2D eigenvalue weighted by molar-refractivity contribution is 5.43. The summed E-state index contributed by atoms with van der Waals surface area (Å²) in [4.78, 5) is 2.07. The van der Waals surface area contributed by atoms with Gasteiger partial charge in [-0.2, -0.15) is 5.10 Å². The van der Waals surface area contributed by atoms with E-state index in [4.69, 9.17) is 14.2 Å². The third-order valence-electron chi connectivity index (χ3n) is 6.12. The van der Waals surface area contributed by atoms with Crippen molar-refractivity contribution in [3.05, 3.63) is 84.1 Å². The Balaban J connectivity index is 1.66. The third-order valence-corrected chi connectivity index (χ3v) is 6.12. The zero-order chi connectivity index (χ0) is 26.2. The molecule has 2 heterocycles. The molecule has 1 aromatic heterocycles. The van der Waals surface area contributed by atoms with Crippen LogP contribution < -0.4 is 4.74 Å². The van der Waals surface area contributed by atoms with Gasteiger partial charge in [0.05, 0.1) is 42.4 Å². The molecule has 1 N–H and O–H groups in total. The molecular formula is C28H33F2N3O4. The molecule has 9 heteroatoms. The lowest BCUT2D eigenvalue weighted by Crippen LogP contribution is -2.39. The SMILES string of the molecule is C=CCOC[C@H](O)CN(Cc1c(C)nn(-c2ccccc2)c1Oc1ccc(F)cc1F)C[C@@H]1CCCO1. The van der Waals surface area contributed by atoms with Crippen LogP contribution in [0.15, 0.2) is 61.2 Å². The second kappa shape index (κ2) is 12.9. The third kappa shape index (κ3) is 7.23. The Morgan fingerprint density at radius 1 is 1.27 bits per heavy atom. The topological polar surface area (TPSA) is 69.0 Å². The second-order valence-corrected chi connectivity index (χ2v) is 9.10. The molecule has 0 saturated carbocycles. The summed E-state index contributed by atoms with van der Waals surface area (Å²) < 4.78 is 47.1. The lowest BCUT2D eigenvalue weighted by molar-refractivity contribution is 0.00836. The number of benzene rings is 2. The van der Waals surface area contributed by atoms with Crippen LogP contribution in [0.4, 0.5) is 8.78 Å². The average molecular weight is 514 g/mol. The van der Waals surface area contributed by atoms with Crippen LogP contribution in [0.25, 0.3) is 5.69 Å². The van der Waals surface area contributed by atoms with E-state index in [2.05, 4.69) is 16.6 Å². The molecule has 1 saturated heterocycles. The number of hydrogen-bond donors (Lipinski definition) is 1. The van der Waals surface area contributed by atoms with Crippen LogP contribution in [-0.4, -0.2) is 64.9 Å². The summed E-state index contributed by atoms with van der Waals surface area (Å²) in [6.07, 6.45) is 2.88. The number of nitrogens with zero attached hydrogens (tertiary/aromatic N) is 3. The molecule has 2 aromatic carbocycles. The first-order valence-corrected chi connectivity index (χ1v) is 12.4. The van der Waals surface area contributed by atoms with E-state index in [1.165, 1.54) is 6.07 Å². The van der Waals surface area contributed by atoms with Gasteiger partial charge in [-0.1, -0.05) is 24.3 Å². The Morgan fingerprint density at radius 2 is 2.08 bits per heavy atom. The van der Waals surface area contributed by atoms with Gasteiger partial charge in [-0.3, -0.25) is 4.90 Å². The summed E-state index contributed by atoms with van der Waals surface area (Å²) in [6, 6.07) is 12.6. The molecule has 0 radical (unpaired) electrons. The Morgan fingerprint density at radius 3 is 2.78 bits per heavy atom. The van der Waals surface area contributed by atoms with Crippen LogP contribution in [0.1, 0.15) is 24.1 Å². The summed E-state index contributed by atoms with van der Waals surface area (Å²) in [5.41, 5.74) is 2.15. The highest BCUT2D eigenvalue weighted by Crippen LogP contribution is 2.33. The number of rotatable bonds is 13. The molecule has 1 fully saturated rings. The van der Waals surface area contributed by atoms with E-state index in [-0.39, 0.29) is 18.5 Å². The van der Waals surface area contributed by atoms with Crippen LogP contribution in [0.5, 0.6) is 11.6 Å². The van der Waals surface area contributed by atoms with Crippen LogP contribution in [0.2, 0.25) is 0 Å². The van der Waals surface area contributed by atoms with Crippen molar-refractivity contribution < 1.29 is 28.1 Å². The molecule has 0 spiro atoms. The molecule has 37 heavy (non-hydrogen) atoms. The largest absolute Gasteiger partial charge is 0.435 e. The first-order valence-electron chi connectivity index (χ1n) is 12.4. The fourth-order valence-electron chi connectivity index (χ4n) is 4.37. The van der Waals surface area contributed by atoms with Gasteiger partial charge in [-0.05, 0) is 44.0 Å². The molecule has 1 aliphatic rings. The van der Waals surface area contributed by atoms with E-state index < -0.39 is 17.7 Å². The fraction of sp³-hybridized carbons (Fsp3) is 0.393. The van der Waals surface area contributed by atoms with Crippen molar-refractivity contribution in [2.24, 2.45) is 0 Å². The molecule has 4 rings (SSSR count). The maximum Gasteiger partial charge on any atom is 0.227 e. The minimum absolute atomic E-state index is 0.0460. The number of aromatic nitrogens is 2. The van der Waals surface area contributed by atoms with Crippen LogP contribution >= 0.6 is 0 Å². The van der Waals surface area contributed by atoms with Crippen molar-refractivity contribution in [3.63, 3.8) is 0 Å². The van der Waals surface area contributed by atoms with Crippen molar-refractivity contribution in [1.82, 2.24) is 14.7 Å². The summed E-state index contributed by atoms with van der Waals surface area (Å²) >= 11 is 0. The average Bonchev–Trinajstić information content (AvgIpc) is 3.50. The van der Waals surface area contributed by atoms with Crippen LogP contribution in [0, 0.1) is 18.6 Å². The Labute approximate surface area is 215 Å². The molecule has 0 unspecified atom stereocenters. The molecule has 0 bridgehead atoms. The van der Waals surface area contributed by atoms with E-state index >= 15 is 0 Å². The fourth-order valence-corrected chi connectivity index (χ4v) is 4.37. The van der Waals surface area contributed by atoms with Gasteiger partial charge in [0, 0.05) is 32.3 Å². The second-order valence-electron chi connectivity index (χ2n) is 9.10. The number of aryl methyl sites for hydroxylation is 1. The van der Waals surface area contributed by atoms with Crippen molar-refractivity contribution in [2.75, 3.05) is 32.9 Å². The maximum atomic E-state index is 14.6. The van der Waals surface area contributed by atoms with Gasteiger partial charge in [0.2, 0.25) is 5.88 Å². The number of aliphatic hydroxyl groups is 1. The zero-order valence-electron chi connectivity index (χ0n) is 21.0. The van der Waals surface area contributed by atoms with E-state index in [1.807, 2.05) is 37.3 Å². The molecule has 3 aromatic rings. The Kier molecular flexibility index (Phi) is 9.40. The van der Waals surface area contributed by atoms with Crippen LogP contribution in [0.3, 0.4) is 0 Å². The van der Waals surface area contributed by atoms with Gasteiger partial charge in [0.15, 0.2) is 11.6 Å². The smallest absolute Gasteiger partial charge is 0.227 e. The summed E-state index contributed by atoms with van der Waals surface area (Å²) in [5, 5.41) is 15.3. The quantitative estimate of drug-likeness (QED) is 0.262. The molecular weight excluding hydrogens is 480 g/mol. The number of hydrogen-bond acceptors (Lipinski definition) is 6. The van der Waals surface area contributed by atoms with E-state index in [9.17, 15) is 13.9 Å². The number of halogens is 2. The van der Waals surface area contributed by atoms with E-state index in [0.29, 0.717) is 44.4 Å². The standard InChI is InChI=1S/C28H33F2N3O4/c1-3-13-35-19-23(34)16-32(17-24-10-7-14-36-24)18-25-20(2)31-33(22-8-5-4-6-9-22)28(25)37-27-12-11-21(29)15-26(27)30/h3-6,8-9,11-12,15,23-24,34H,1,7,10,13-14,16-19H2,2H3/t23-,24+/m1/s1. The number of aliphatic hydroxyl groups excluding tert-OH is 1. The molecule has 198 valence electrons. The van der Waals surface area contributed by atoms with E-state index in [1.54, 1.807) is 10.8 Å². The lowest BCUT2D eigenvalue weighted by Gasteiger charge is -2.27. The molecule has 0 aliphatic carbocycles. The first kappa shape index (κ1) is 26.9. The Bertz CT molecular complexity index is 1170. The minimum atomic E-state index is -0.810. The molecule has 7 nitrogen and oxygen atoms in total. The van der Waals surface area contributed by atoms with Gasteiger partial charge < -0.3 is 19.3 Å². The Hall–Kier alpha value is -3.11. The van der Waals surface area contributed by atoms with Gasteiger partial charge in [-0.15, -0.1) is 6.58 Å².